The van der Waals surface area contributed by atoms with Crippen LogP contribution in [0.3, 0.4) is 0 Å². The fourth-order valence-corrected chi connectivity index (χ4v) is 2.40. The Bertz CT molecular complexity index is 495. The van der Waals surface area contributed by atoms with Crippen molar-refractivity contribution in [3.05, 3.63) is 23.3 Å². The highest BCUT2D eigenvalue weighted by Crippen LogP contribution is 2.41. The molecule has 0 spiro atoms. The molecule has 0 radical (unpaired) electrons. The smallest absolute Gasteiger partial charge is 0.140 e. The summed E-state index contributed by atoms with van der Waals surface area (Å²) < 4.78 is 16.3. The molecule has 102 valence electrons. The van der Waals surface area contributed by atoms with Gasteiger partial charge in [-0.05, 0) is 19.1 Å². The predicted molar refractivity (Wildman–Crippen MR) is 68.3 cm³/mol. The van der Waals surface area contributed by atoms with E-state index in [-0.39, 0.29) is 23.3 Å². The van der Waals surface area contributed by atoms with E-state index < -0.39 is 0 Å². The average molecular weight is 263 g/mol. The first-order valence-electron chi connectivity index (χ1n) is 6.22. The maximum Gasteiger partial charge on any atom is 0.140 e. The number of phenolic OH excluding ortho intramolecular Hbond substituents is 1. The van der Waals surface area contributed by atoms with E-state index >= 15 is 0 Å². The zero-order valence-electron chi connectivity index (χ0n) is 11.0. The monoisotopic (exact) mass is 263 g/mol. The van der Waals surface area contributed by atoms with Crippen molar-refractivity contribution < 1.29 is 19.3 Å². The third kappa shape index (κ3) is 2.50. The van der Waals surface area contributed by atoms with Crippen molar-refractivity contribution in [1.82, 2.24) is 0 Å². The van der Waals surface area contributed by atoms with E-state index in [1.165, 1.54) is 7.11 Å². The van der Waals surface area contributed by atoms with Gasteiger partial charge in [0.25, 0.3) is 0 Å². The van der Waals surface area contributed by atoms with E-state index in [9.17, 15) is 5.11 Å². The number of hydrogen-bond acceptors (Lipinski definition) is 5. The second-order valence-electron chi connectivity index (χ2n) is 4.33. The summed E-state index contributed by atoms with van der Waals surface area (Å²) in [7, 11) is 1.54. The topological polar surface area (TPSA) is 71.7 Å². The molecule has 1 aromatic carbocycles. The first-order valence-corrected chi connectivity index (χ1v) is 6.22. The van der Waals surface area contributed by atoms with E-state index in [1.54, 1.807) is 12.1 Å². The Morgan fingerprint density at radius 2 is 2.26 bits per heavy atom. The fraction of sp³-hybridized carbons (Fsp3) is 0.500. The van der Waals surface area contributed by atoms with Crippen LogP contribution in [-0.2, 0) is 9.47 Å². The van der Waals surface area contributed by atoms with E-state index in [2.05, 4.69) is 0 Å². The highest BCUT2D eigenvalue weighted by molar-refractivity contribution is 5.56. The van der Waals surface area contributed by atoms with Crippen molar-refractivity contribution >= 4 is 0 Å². The van der Waals surface area contributed by atoms with Crippen molar-refractivity contribution in [3.8, 4) is 17.6 Å². The predicted octanol–water partition coefficient (Wildman–Crippen LogP) is 1.79. The van der Waals surface area contributed by atoms with Gasteiger partial charge in [0.05, 0.1) is 32.0 Å². The van der Waals surface area contributed by atoms with Gasteiger partial charge in [0, 0.05) is 18.1 Å². The van der Waals surface area contributed by atoms with Crippen LogP contribution in [-0.4, -0.2) is 38.1 Å². The van der Waals surface area contributed by atoms with Gasteiger partial charge in [-0.1, -0.05) is 0 Å². The molecule has 5 heteroatoms. The fourth-order valence-electron chi connectivity index (χ4n) is 2.40. The molecule has 2 atom stereocenters. The van der Waals surface area contributed by atoms with Crippen molar-refractivity contribution in [1.29, 1.82) is 5.26 Å². The molecule has 1 aliphatic rings. The molecule has 1 aliphatic heterocycles. The molecule has 0 saturated carbocycles. The van der Waals surface area contributed by atoms with Crippen LogP contribution in [0.1, 0.15) is 24.0 Å². The average Bonchev–Trinajstić information content (AvgIpc) is 2.86. The van der Waals surface area contributed by atoms with Crippen LogP contribution in [0, 0.1) is 11.3 Å². The van der Waals surface area contributed by atoms with Crippen LogP contribution in [0.4, 0.5) is 0 Å². The highest BCUT2D eigenvalue weighted by atomic mass is 16.5. The number of hydrogen-bond donors (Lipinski definition) is 1. The maximum absolute atomic E-state index is 10.2. The molecule has 0 aliphatic carbocycles. The number of rotatable bonds is 4. The molecule has 2 rings (SSSR count). The Morgan fingerprint density at radius 1 is 1.47 bits per heavy atom. The molecule has 1 fully saturated rings. The molecular formula is C14H17NO4. The van der Waals surface area contributed by atoms with E-state index in [0.29, 0.717) is 31.1 Å². The van der Waals surface area contributed by atoms with Gasteiger partial charge in [-0.2, -0.15) is 5.26 Å². The third-order valence-corrected chi connectivity index (χ3v) is 3.30. The first-order chi connectivity index (χ1) is 9.22. The van der Waals surface area contributed by atoms with Crippen molar-refractivity contribution in [3.63, 3.8) is 0 Å². The van der Waals surface area contributed by atoms with Crippen LogP contribution in [0.5, 0.6) is 11.5 Å². The summed E-state index contributed by atoms with van der Waals surface area (Å²) >= 11 is 0. The van der Waals surface area contributed by atoms with Crippen LogP contribution >= 0.6 is 0 Å². The largest absolute Gasteiger partial charge is 0.506 e. The molecule has 0 amide bonds. The first kappa shape index (κ1) is 13.7. The summed E-state index contributed by atoms with van der Waals surface area (Å²) in [4.78, 5) is 0. The molecule has 0 aromatic heterocycles. The number of aromatic hydroxyl groups is 1. The standard InChI is InChI=1S/C14H17NO4/c1-3-19-12-8-18-7-10(12)13-11(17-2)5-4-9(6-15)14(13)16/h4-5,10,12,16H,3,7-8H2,1-2H3. The zero-order chi connectivity index (χ0) is 13.8. The van der Waals surface area contributed by atoms with Crippen molar-refractivity contribution in [2.75, 3.05) is 26.9 Å². The maximum atomic E-state index is 10.2. The summed E-state index contributed by atoms with van der Waals surface area (Å²) in [5.74, 6) is 0.391. The Hall–Kier alpha value is -1.77. The van der Waals surface area contributed by atoms with Crippen molar-refractivity contribution in [2.24, 2.45) is 0 Å². The van der Waals surface area contributed by atoms with Gasteiger partial charge in [-0.25, -0.2) is 0 Å². The Kier molecular flexibility index (Phi) is 4.25. The number of phenols is 1. The lowest BCUT2D eigenvalue weighted by Crippen LogP contribution is -2.21. The minimum absolute atomic E-state index is 0.0398. The van der Waals surface area contributed by atoms with Gasteiger partial charge in [0.15, 0.2) is 0 Å². The Balaban J connectivity index is 2.45. The van der Waals surface area contributed by atoms with Crippen LogP contribution in [0.15, 0.2) is 12.1 Å². The van der Waals surface area contributed by atoms with Crippen LogP contribution < -0.4 is 4.74 Å². The second-order valence-corrected chi connectivity index (χ2v) is 4.33. The molecule has 5 nitrogen and oxygen atoms in total. The van der Waals surface area contributed by atoms with Gasteiger partial charge in [0.2, 0.25) is 0 Å². The molecule has 2 unspecified atom stereocenters. The lowest BCUT2D eigenvalue weighted by molar-refractivity contribution is 0.0446. The molecule has 0 bridgehead atoms. The summed E-state index contributed by atoms with van der Waals surface area (Å²) in [6.07, 6.45) is -0.126. The molecule has 1 N–H and O–H groups in total. The molecule has 19 heavy (non-hydrogen) atoms. The van der Waals surface area contributed by atoms with Gasteiger partial charge in [-0.3, -0.25) is 0 Å². The molecule has 1 aromatic rings. The highest BCUT2D eigenvalue weighted by Gasteiger charge is 2.35. The van der Waals surface area contributed by atoms with Gasteiger partial charge >= 0.3 is 0 Å². The Labute approximate surface area is 112 Å². The van der Waals surface area contributed by atoms with E-state index in [1.807, 2.05) is 13.0 Å². The molecule has 1 heterocycles. The summed E-state index contributed by atoms with van der Waals surface area (Å²) in [6.45, 7) is 3.42. The summed E-state index contributed by atoms with van der Waals surface area (Å²) in [5.41, 5.74) is 0.829. The summed E-state index contributed by atoms with van der Waals surface area (Å²) in [6, 6.07) is 5.20. The third-order valence-electron chi connectivity index (χ3n) is 3.30. The second kappa shape index (κ2) is 5.91. The van der Waals surface area contributed by atoms with E-state index in [0.717, 1.165) is 0 Å². The number of benzene rings is 1. The van der Waals surface area contributed by atoms with Crippen LogP contribution in [0.25, 0.3) is 0 Å². The normalized spacial score (nSPS) is 22.2. The SMILES string of the molecule is CCOC1COCC1c1c(OC)ccc(C#N)c1O. The van der Waals surface area contributed by atoms with Gasteiger partial charge < -0.3 is 19.3 Å². The minimum atomic E-state index is -0.126. The zero-order valence-corrected chi connectivity index (χ0v) is 11.0. The number of methoxy groups -OCH3 is 1. The molecule has 1 saturated heterocycles. The lowest BCUT2D eigenvalue weighted by Gasteiger charge is -2.21. The molecular weight excluding hydrogens is 246 g/mol. The lowest BCUT2D eigenvalue weighted by atomic mass is 9.92. The van der Waals surface area contributed by atoms with Crippen molar-refractivity contribution in [2.45, 2.75) is 18.9 Å². The van der Waals surface area contributed by atoms with Gasteiger partial charge in [0.1, 0.15) is 17.6 Å². The van der Waals surface area contributed by atoms with Gasteiger partial charge in [-0.15, -0.1) is 0 Å². The minimum Gasteiger partial charge on any atom is -0.506 e. The quantitative estimate of drug-likeness (QED) is 0.896. The summed E-state index contributed by atoms with van der Waals surface area (Å²) in [5, 5.41) is 19.2. The van der Waals surface area contributed by atoms with E-state index in [4.69, 9.17) is 19.5 Å². The Morgan fingerprint density at radius 3 is 2.89 bits per heavy atom. The number of ether oxygens (including phenoxy) is 3. The van der Waals surface area contributed by atoms with Crippen LogP contribution in [0.2, 0.25) is 0 Å². The number of nitrogens with zero attached hydrogens (tertiary/aromatic N) is 1. The number of nitriles is 1.